The van der Waals surface area contributed by atoms with E-state index in [0.717, 1.165) is 50.6 Å². The number of amides is 2. The molecule has 2 fully saturated rings. The van der Waals surface area contributed by atoms with E-state index in [1.165, 1.54) is 10.4 Å². The lowest BCUT2D eigenvalue weighted by atomic mass is 9.92. The zero-order chi connectivity index (χ0) is 22.7. The first-order valence-electron chi connectivity index (χ1n) is 11.5. The van der Waals surface area contributed by atoms with Crippen LogP contribution < -0.4 is 0 Å². The number of hydrogen-bond acceptors (Lipinski definition) is 4. The Balaban J connectivity index is 1.39. The molecular formula is C25H32ClN3O2S. The number of likely N-dealkylation sites (tertiary alicyclic amines) is 1. The molecule has 7 heteroatoms. The van der Waals surface area contributed by atoms with Crippen LogP contribution in [0, 0.1) is 5.92 Å². The van der Waals surface area contributed by atoms with Crippen molar-refractivity contribution in [3.05, 3.63) is 57.2 Å². The molecule has 2 saturated heterocycles. The first-order chi connectivity index (χ1) is 15.4. The maximum Gasteiger partial charge on any atom is 0.223 e. The summed E-state index contributed by atoms with van der Waals surface area (Å²) in [5.74, 6) is 0.786. The molecular weight excluding hydrogens is 442 g/mol. The molecule has 2 aliphatic rings. The smallest absolute Gasteiger partial charge is 0.223 e. The third kappa shape index (κ3) is 5.36. The zero-order valence-electron chi connectivity index (χ0n) is 18.9. The quantitative estimate of drug-likeness (QED) is 0.633. The van der Waals surface area contributed by atoms with E-state index >= 15 is 0 Å². The number of piperazine rings is 1. The average molecular weight is 474 g/mol. The van der Waals surface area contributed by atoms with Gasteiger partial charge in [0.2, 0.25) is 11.8 Å². The Hall–Kier alpha value is -1.89. The van der Waals surface area contributed by atoms with Gasteiger partial charge >= 0.3 is 0 Å². The van der Waals surface area contributed by atoms with Gasteiger partial charge in [0.1, 0.15) is 0 Å². The Morgan fingerprint density at radius 3 is 2.41 bits per heavy atom. The molecule has 3 heterocycles. The van der Waals surface area contributed by atoms with Crippen molar-refractivity contribution in [2.24, 2.45) is 5.92 Å². The highest BCUT2D eigenvalue weighted by Crippen LogP contribution is 2.34. The van der Waals surface area contributed by atoms with Crippen molar-refractivity contribution >= 4 is 34.8 Å². The second-order valence-electron chi connectivity index (χ2n) is 9.05. The molecule has 1 aromatic carbocycles. The molecule has 0 spiro atoms. The highest BCUT2D eigenvalue weighted by molar-refractivity contribution is 7.10. The average Bonchev–Trinajstić information content (AvgIpc) is 3.30. The largest absolute Gasteiger partial charge is 0.343 e. The van der Waals surface area contributed by atoms with E-state index in [2.05, 4.69) is 46.4 Å². The lowest BCUT2D eigenvalue weighted by Crippen LogP contribution is -2.55. The summed E-state index contributed by atoms with van der Waals surface area (Å²) in [5, 5.41) is 2.87. The molecule has 4 rings (SSSR count). The van der Waals surface area contributed by atoms with Crippen LogP contribution in [0.5, 0.6) is 0 Å². The lowest BCUT2D eigenvalue weighted by Gasteiger charge is -2.44. The van der Waals surface area contributed by atoms with E-state index in [1.54, 1.807) is 18.3 Å². The summed E-state index contributed by atoms with van der Waals surface area (Å²) in [5.41, 5.74) is 1.24. The number of rotatable bonds is 5. The summed E-state index contributed by atoms with van der Waals surface area (Å²) in [4.78, 5) is 32.4. The number of nitrogens with zero attached hydrogens (tertiary/aromatic N) is 3. The Morgan fingerprint density at radius 2 is 1.81 bits per heavy atom. The maximum atomic E-state index is 13.1. The molecule has 2 amide bonds. The SMILES string of the molecule is CC(=O)N1CCC(CC(=O)N2CCN(C(c3ccc(Cl)cc3)c3cccs3)CC2C)CC1. The first kappa shape index (κ1) is 23.3. The summed E-state index contributed by atoms with van der Waals surface area (Å²) < 4.78 is 0. The number of carbonyl (C=O) groups is 2. The van der Waals surface area contributed by atoms with Gasteiger partial charge in [-0.25, -0.2) is 0 Å². The molecule has 32 heavy (non-hydrogen) atoms. The van der Waals surface area contributed by atoms with E-state index in [1.807, 2.05) is 17.0 Å². The van der Waals surface area contributed by atoms with Gasteiger partial charge in [0.15, 0.2) is 0 Å². The van der Waals surface area contributed by atoms with Gasteiger partial charge < -0.3 is 9.80 Å². The fourth-order valence-corrected chi connectivity index (χ4v) is 6.07. The predicted octanol–water partition coefficient (Wildman–Crippen LogP) is 4.67. The van der Waals surface area contributed by atoms with Crippen molar-refractivity contribution < 1.29 is 9.59 Å². The topological polar surface area (TPSA) is 43.9 Å². The standard InChI is InChI=1S/C25H32ClN3O2S/c1-18-17-28(25(23-4-3-15-32-23)21-5-7-22(26)8-6-21)13-14-29(18)24(31)16-20-9-11-27(12-10-20)19(2)30/h3-8,15,18,20,25H,9-14,16-17H2,1-2H3. The second-order valence-corrected chi connectivity index (χ2v) is 10.5. The van der Waals surface area contributed by atoms with Crippen LogP contribution in [0.3, 0.4) is 0 Å². The summed E-state index contributed by atoms with van der Waals surface area (Å²) in [6.45, 7) is 7.79. The molecule has 0 N–H and O–H groups in total. The van der Waals surface area contributed by atoms with Crippen molar-refractivity contribution in [3.63, 3.8) is 0 Å². The summed E-state index contributed by atoms with van der Waals surface area (Å²) in [6.07, 6.45) is 2.45. The molecule has 172 valence electrons. The van der Waals surface area contributed by atoms with E-state index in [0.29, 0.717) is 12.3 Å². The van der Waals surface area contributed by atoms with Gasteiger partial charge in [-0.05, 0) is 54.8 Å². The zero-order valence-corrected chi connectivity index (χ0v) is 20.4. The van der Waals surface area contributed by atoms with Gasteiger partial charge in [-0.1, -0.05) is 29.8 Å². The first-order valence-corrected chi connectivity index (χ1v) is 12.8. The molecule has 0 aliphatic carbocycles. The fraction of sp³-hybridized carbons (Fsp3) is 0.520. The van der Waals surface area contributed by atoms with E-state index in [-0.39, 0.29) is 23.9 Å². The van der Waals surface area contributed by atoms with Crippen molar-refractivity contribution in [2.45, 2.75) is 45.2 Å². The molecule has 5 nitrogen and oxygen atoms in total. The number of hydrogen-bond donors (Lipinski definition) is 0. The van der Waals surface area contributed by atoms with Gasteiger partial charge in [0.05, 0.1) is 6.04 Å². The molecule has 1 aromatic heterocycles. The van der Waals surface area contributed by atoms with Crippen molar-refractivity contribution in [1.29, 1.82) is 0 Å². The number of benzene rings is 1. The fourth-order valence-electron chi connectivity index (χ4n) is 5.05. The number of carbonyl (C=O) groups excluding carboxylic acids is 2. The van der Waals surface area contributed by atoms with Crippen LogP contribution in [-0.2, 0) is 9.59 Å². The van der Waals surface area contributed by atoms with Gasteiger partial charge in [-0.3, -0.25) is 14.5 Å². The van der Waals surface area contributed by atoms with Crippen LogP contribution in [0.4, 0.5) is 0 Å². The van der Waals surface area contributed by atoms with Crippen LogP contribution in [-0.4, -0.2) is 65.3 Å². The Bertz CT molecular complexity index is 910. The third-order valence-corrected chi connectivity index (χ3v) is 8.04. The predicted molar refractivity (Wildman–Crippen MR) is 130 cm³/mol. The Morgan fingerprint density at radius 1 is 1.09 bits per heavy atom. The molecule has 2 aliphatic heterocycles. The van der Waals surface area contributed by atoms with Gasteiger partial charge in [-0.2, -0.15) is 0 Å². The number of thiophene rings is 1. The van der Waals surface area contributed by atoms with Crippen LogP contribution >= 0.6 is 22.9 Å². The minimum Gasteiger partial charge on any atom is -0.343 e. The third-order valence-electron chi connectivity index (χ3n) is 6.87. The molecule has 0 radical (unpaired) electrons. The summed E-state index contributed by atoms with van der Waals surface area (Å²) >= 11 is 7.91. The molecule has 2 atom stereocenters. The van der Waals surface area contributed by atoms with Gasteiger partial charge in [0, 0.05) is 62.0 Å². The lowest BCUT2D eigenvalue weighted by molar-refractivity contribution is -0.137. The molecule has 2 unspecified atom stereocenters. The number of piperidine rings is 1. The maximum absolute atomic E-state index is 13.1. The monoisotopic (exact) mass is 473 g/mol. The van der Waals surface area contributed by atoms with Crippen molar-refractivity contribution in [3.8, 4) is 0 Å². The molecule has 0 saturated carbocycles. The highest BCUT2D eigenvalue weighted by atomic mass is 35.5. The summed E-state index contributed by atoms with van der Waals surface area (Å²) in [7, 11) is 0. The van der Waals surface area contributed by atoms with Crippen molar-refractivity contribution in [1.82, 2.24) is 14.7 Å². The molecule has 2 aromatic rings. The van der Waals surface area contributed by atoms with Crippen LogP contribution in [0.2, 0.25) is 5.02 Å². The molecule has 0 bridgehead atoms. The van der Waals surface area contributed by atoms with Crippen LogP contribution in [0.25, 0.3) is 0 Å². The minimum atomic E-state index is 0.139. The highest BCUT2D eigenvalue weighted by Gasteiger charge is 2.34. The normalized spacial score (nSPS) is 21.5. The Labute approximate surface area is 199 Å². The van der Waals surface area contributed by atoms with Gasteiger partial charge in [0.25, 0.3) is 0 Å². The van der Waals surface area contributed by atoms with Crippen LogP contribution in [0.1, 0.15) is 49.6 Å². The van der Waals surface area contributed by atoms with E-state index < -0.39 is 0 Å². The van der Waals surface area contributed by atoms with Gasteiger partial charge in [-0.15, -0.1) is 11.3 Å². The van der Waals surface area contributed by atoms with E-state index in [9.17, 15) is 9.59 Å². The van der Waals surface area contributed by atoms with Crippen molar-refractivity contribution in [2.75, 3.05) is 32.7 Å². The van der Waals surface area contributed by atoms with Crippen LogP contribution in [0.15, 0.2) is 41.8 Å². The summed E-state index contributed by atoms with van der Waals surface area (Å²) in [6, 6.07) is 12.8. The van der Waals surface area contributed by atoms with E-state index in [4.69, 9.17) is 11.6 Å². The second kappa shape index (κ2) is 10.4. The Kier molecular flexibility index (Phi) is 7.54. The minimum absolute atomic E-state index is 0.139. The number of halogens is 1.